The molecule has 1 N–H and O–H groups in total. The summed E-state index contributed by atoms with van der Waals surface area (Å²) in [5.41, 5.74) is 0. The van der Waals surface area contributed by atoms with Gasteiger partial charge in [-0.3, -0.25) is 10.1 Å². The summed E-state index contributed by atoms with van der Waals surface area (Å²) >= 11 is 1.47. The van der Waals surface area contributed by atoms with Crippen LogP contribution in [0.1, 0.15) is 0 Å². The van der Waals surface area contributed by atoms with Gasteiger partial charge in [-0.05, 0) is 23.6 Å². The molecule has 1 aromatic carbocycles. The van der Waals surface area contributed by atoms with E-state index < -0.39 is 12.0 Å². The zero-order chi connectivity index (χ0) is 15.6. The first-order chi connectivity index (χ1) is 11.3. The molecule has 23 heavy (non-hydrogen) atoms. The molecule has 0 fully saturated rings. The van der Waals surface area contributed by atoms with E-state index in [1.165, 1.54) is 11.3 Å². The molecule has 0 unspecified atom stereocenters. The van der Waals surface area contributed by atoms with Crippen molar-refractivity contribution < 1.29 is 18.7 Å². The van der Waals surface area contributed by atoms with Gasteiger partial charge in [-0.15, -0.1) is 16.4 Å². The van der Waals surface area contributed by atoms with Gasteiger partial charge in [0.2, 0.25) is 6.10 Å². The maximum Gasteiger partial charge on any atom is 0.322 e. The summed E-state index contributed by atoms with van der Waals surface area (Å²) < 4.78 is 16.5. The van der Waals surface area contributed by atoms with Crippen LogP contribution in [0.5, 0.6) is 11.5 Å². The number of aromatic nitrogens is 2. The molecule has 0 aliphatic carbocycles. The third-order valence-electron chi connectivity index (χ3n) is 3.19. The van der Waals surface area contributed by atoms with Gasteiger partial charge in [0.15, 0.2) is 11.5 Å². The van der Waals surface area contributed by atoms with Gasteiger partial charge in [-0.1, -0.05) is 23.3 Å². The summed E-state index contributed by atoms with van der Waals surface area (Å²) in [5, 5.41) is 12.2. The van der Waals surface area contributed by atoms with Crippen molar-refractivity contribution >= 4 is 23.3 Å². The predicted octanol–water partition coefficient (Wildman–Crippen LogP) is 2.58. The third-order valence-corrected chi connectivity index (χ3v) is 4.05. The standard InChI is InChI=1S/C15H11N3O4S/c19-13(11-8-20-9-4-1-2-5-10(9)21-11)16-15-18-17-14(22-15)12-6-3-7-23-12/h1-7,11H,8H2,(H,16,18,19)/t11-/m1/s1. The highest BCUT2D eigenvalue weighted by molar-refractivity contribution is 7.13. The highest BCUT2D eigenvalue weighted by Crippen LogP contribution is 2.31. The summed E-state index contributed by atoms with van der Waals surface area (Å²) in [6.45, 7) is 0.120. The van der Waals surface area contributed by atoms with Crippen molar-refractivity contribution in [2.45, 2.75) is 6.10 Å². The zero-order valence-corrected chi connectivity index (χ0v) is 12.6. The summed E-state index contributed by atoms with van der Waals surface area (Å²) in [6.07, 6.45) is -0.776. The molecule has 1 atom stereocenters. The minimum atomic E-state index is -0.776. The number of ether oxygens (including phenoxy) is 2. The number of nitrogens with zero attached hydrogens (tertiary/aromatic N) is 2. The minimum Gasteiger partial charge on any atom is -0.485 e. The van der Waals surface area contributed by atoms with Crippen molar-refractivity contribution in [1.29, 1.82) is 0 Å². The maximum atomic E-state index is 12.2. The first kappa shape index (κ1) is 13.8. The van der Waals surface area contributed by atoms with Crippen LogP contribution in [0.3, 0.4) is 0 Å². The van der Waals surface area contributed by atoms with E-state index in [2.05, 4.69) is 15.5 Å². The average Bonchev–Trinajstić information content (AvgIpc) is 3.25. The molecule has 0 spiro atoms. The molecule has 7 nitrogen and oxygen atoms in total. The summed E-state index contributed by atoms with van der Waals surface area (Å²) in [5.74, 6) is 1.11. The zero-order valence-electron chi connectivity index (χ0n) is 11.8. The van der Waals surface area contributed by atoms with Crippen LogP contribution in [-0.2, 0) is 4.79 Å². The van der Waals surface area contributed by atoms with E-state index in [-0.39, 0.29) is 12.6 Å². The average molecular weight is 329 g/mol. The molecule has 8 heteroatoms. The first-order valence-electron chi connectivity index (χ1n) is 6.86. The number of nitrogens with one attached hydrogen (secondary N) is 1. The third kappa shape index (κ3) is 2.76. The normalized spacial score (nSPS) is 16.1. The fourth-order valence-electron chi connectivity index (χ4n) is 2.11. The fourth-order valence-corrected chi connectivity index (χ4v) is 2.75. The Labute approximate surface area is 134 Å². The molecule has 3 aromatic rings. The number of para-hydroxylation sites is 2. The molecule has 0 saturated carbocycles. The minimum absolute atomic E-state index is 0.0286. The molecule has 1 aliphatic rings. The summed E-state index contributed by atoms with van der Waals surface area (Å²) in [7, 11) is 0. The molecule has 1 amide bonds. The Morgan fingerprint density at radius 2 is 2.04 bits per heavy atom. The number of hydrogen-bond acceptors (Lipinski definition) is 7. The first-order valence-corrected chi connectivity index (χ1v) is 7.74. The summed E-state index contributed by atoms with van der Waals surface area (Å²) in [4.78, 5) is 13.1. The Balaban J connectivity index is 1.45. The molecule has 3 heterocycles. The lowest BCUT2D eigenvalue weighted by Crippen LogP contribution is -2.40. The van der Waals surface area contributed by atoms with Gasteiger partial charge in [-0.25, -0.2) is 0 Å². The lowest BCUT2D eigenvalue weighted by molar-refractivity contribution is -0.125. The van der Waals surface area contributed by atoms with Gasteiger partial charge in [0.1, 0.15) is 6.61 Å². The molecule has 4 rings (SSSR count). The highest BCUT2D eigenvalue weighted by atomic mass is 32.1. The van der Waals surface area contributed by atoms with E-state index in [9.17, 15) is 4.79 Å². The quantitative estimate of drug-likeness (QED) is 0.795. The van der Waals surface area contributed by atoms with Crippen molar-refractivity contribution in [3.05, 3.63) is 41.8 Å². The molecular weight excluding hydrogens is 318 g/mol. The topological polar surface area (TPSA) is 86.5 Å². The van der Waals surface area contributed by atoms with Crippen molar-refractivity contribution in [3.63, 3.8) is 0 Å². The largest absolute Gasteiger partial charge is 0.485 e. The number of carbonyl (C=O) groups excluding carboxylic acids is 1. The Kier molecular flexibility index (Phi) is 3.43. The van der Waals surface area contributed by atoms with Gasteiger partial charge in [0.25, 0.3) is 11.8 Å². The van der Waals surface area contributed by atoms with E-state index in [1.54, 1.807) is 12.1 Å². The monoisotopic (exact) mass is 329 g/mol. The second kappa shape index (κ2) is 5.73. The molecule has 0 radical (unpaired) electrons. The van der Waals surface area contributed by atoms with Crippen LogP contribution in [0.25, 0.3) is 10.8 Å². The lowest BCUT2D eigenvalue weighted by atomic mass is 10.2. The van der Waals surface area contributed by atoms with Crippen LogP contribution in [0, 0.1) is 0 Å². The van der Waals surface area contributed by atoms with Gasteiger partial charge in [0.05, 0.1) is 4.88 Å². The van der Waals surface area contributed by atoms with Crippen molar-refractivity contribution in [2.75, 3.05) is 11.9 Å². The van der Waals surface area contributed by atoms with Crippen LogP contribution in [-0.4, -0.2) is 28.8 Å². The van der Waals surface area contributed by atoms with Crippen LogP contribution in [0.15, 0.2) is 46.2 Å². The van der Waals surface area contributed by atoms with E-state index in [0.717, 1.165) is 4.88 Å². The number of amides is 1. The molecule has 2 aromatic heterocycles. The Bertz CT molecular complexity index is 831. The number of hydrogen-bond donors (Lipinski definition) is 1. The molecule has 0 saturated heterocycles. The maximum absolute atomic E-state index is 12.2. The number of anilines is 1. The fraction of sp³-hybridized carbons (Fsp3) is 0.133. The smallest absolute Gasteiger partial charge is 0.322 e. The van der Waals surface area contributed by atoms with Crippen LogP contribution in [0.4, 0.5) is 6.01 Å². The number of benzene rings is 1. The van der Waals surface area contributed by atoms with Crippen LogP contribution < -0.4 is 14.8 Å². The second-order valence-electron chi connectivity index (χ2n) is 4.74. The molecule has 116 valence electrons. The van der Waals surface area contributed by atoms with E-state index in [4.69, 9.17) is 13.9 Å². The van der Waals surface area contributed by atoms with E-state index >= 15 is 0 Å². The second-order valence-corrected chi connectivity index (χ2v) is 5.69. The number of fused-ring (bicyclic) bond motifs is 1. The Morgan fingerprint density at radius 3 is 2.87 bits per heavy atom. The van der Waals surface area contributed by atoms with Crippen molar-refractivity contribution in [2.24, 2.45) is 0 Å². The van der Waals surface area contributed by atoms with Gasteiger partial charge in [-0.2, -0.15) is 0 Å². The van der Waals surface area contributed by atoms with Crippen molar-refractivity contribution in [1.82, 2.24) is 10.2 Å². The SMILES string of the molecule is O=C(Nc1nnc(-c2cccs2)o1)[C@H]1COc2ccccc2O1. The van der Waals surface area contributed by atoms with E-state index in [1.807, 2.05) is 29.6 Å². The Hall–Kier alpha value is -2.87. The predicted molar refractivity (Wildman–Crippen MR) is 82.6 cm³/mol. The van der Waals surface area contributed by atoms with Gasteiger partial charge < -0.3 is 13.9 Å². The molecule has 1 aliphatic heterocycles. The summed E-state index contributed by atoms with van der Waals surface area (Å²) in [6, 6.07) is 11.0. The lowest BCUT2D eigenvalue weighted by Gasteiger charge is -2.24. The Morgan fingerprint density at radius 1 is 1.17 bits per heavy atom. The van der Waals surface area contributed by atoms with E-state index in [0.29, 0.717) is 17.4 Å². The number of rotatable bonds is 3. The van der Waals surface area contributed by atoms with Crippen LogP contribution in [0.2, 0.25) is 0 Å². The molecular formula is C15H11N3O4S. The van der Waals surface area contributed by atoms with Gasteiger partial charge >= 0.3 is 6.01 Å². The number of carbonyl (C=O) groups is 1. The van der Waals surface area contributed by atoms with Crippen LogP contribution >= 0.6 is 11.3 Å². The molecule has 0 bridgehead atoms. The number of thiophene rings is 1. The van der Waals surface area contributed by atoms with Crippen molar-refractivity contribution in [3.8, 4) is 22.3 Å². The van der Waals surface area contributed by atoms with Gasteiger partial charge in [0, 0.05) is 0 Å². The highest BCUT2D eigenvalue weighted by Gasteiger charge is 2.28.